The molecule has 0 amide bonds. The van der Waals surface area contributed by atoms with Crippen LogP contribution in [0.3, 0.4) is 0 Å². The minimum Gasteiger partial charge on any atom is -0.368 e. The SMILES string of the molecule is CCC(C)N=C/C(Cl)=C(\C)c1nc(-c2nc(N)nc(N(C)c3ccccc3)n2)no1. The van der Waals surface area contributed by atoms with Crippen molar-refractivity contribution in [2.45, 2.75) is 33.2 Å². The Morgan fingerprint density at radius 2 is 1.93 bits per heavy atom. The molecule has 0 radical (unpaired) electrons. The Kier molecular flexibility index (Phi) is 6.73. The molecule has 1 aromatic carbocycles. The average molecular weight is 427 g/mol. The predicted octanol–water partition coefficient (Wildman–Crippen LogP) is 4.11. The van der Waals surface area contributed by atoms with Crippen LogP contribution >= 0.6 is 11.6 Å². The quantitative estimate of drug-likeness (QED) is 0.560. The van der Waals surface area contributed by atoms with Crippen LogP contribution in [0.15, 0.2) is 44.9 Å². The summed E-state index contributed by atoms with van der Waals surface area (Å²) in [6.45, 7) is 5.84. The van der Waals surface area contributed by atoms with Gasteiger partial charge in [-0.15, -0.1) is 0 Å². The number of hydrogen-bond donors (Lipinski definition) is 1. The molecule has 0 saturated carbocycles. The second-order valence-corrected chi connectivity index (χ2v) is 7.05. The standard InChI is InChI=1S/C20H23ClN8O/c1-5-12(2)23-11-15(21)13(3)18-24-17(28-30-18)16-25-19(22)27-20(26-16)29(4)14-9-7-6-8-10-14/h6-12H,5H2,1-4H3,(H2,22,25,26,27)/b15-13-,23-11?. The van der Waals surface area contributed by atoms with E-state index in [2.05, 4.69) is 37.0 Å². The first-order valence-corrected chi connectivity index (χ1v) is 9.81. The minimum absolute atomic E-state index is 0.0510. The maximum atomic E-state index is 6.32. The molecule has 0 fully saturated rings. The van der Waals surface area contributed by atoms with Gasteiger partial charge in [-0.25, -0.2) is 0 Å². The van der Waals surface area contributed by atoms with Crippen LogP contribution < -0.4 is 10.6 Å². The van der Waals surface area contributed by atoms with Gasteiger partial charge in [0, 0.05) is 30.6 Å². The number of aromatic nitrogens is 5. The number of aliphatic imine (C=N–C) groups is 1. The third-order valence-electron chi connectivity index (χ3n) is 4.42. The van der Waals surface area contributed by atoms with E-state index in [4.69, 9.17) is 21.9 Å². The van der Waals surface area contributed by atoms with Crippen molar-refractivity contribution in [1.82, 2.24) is 25.1 Å². The van der Waals surface area contributed by atoms with Crippen LogP contribution in [0, 0.1) is 0 Å². The monoisotopic (exact) mass is 426 g/mol. The van der Waals surface area contributed by atoms with Gasteiger partial charge >= 0.3 is 0 Å². The molecule has 9 nitrogen and oxygen atoms in total. The van der Waals surface area contributed by atoms with Crippen LogP contribution in [0.1, 0.15) is 33.1 Å². The third-order valence-corrected chi connectivity index (χ3v) is 4.80. The highest BCUT2D eigenvalue weighted by Crippen LogP contribution is 2.24. The van der Waals surface area contributed by atoms with Gasteiger partial charge in [0.05, 0.1) is 5.03 Å². The molecule has 30 heavy (non-hydrogen) atoms. The fraction of sp³-hybridized carbons (Fsp3) is 0.300. The van der Waals surface area contributed by atoms with Gasteiger partial charge < -0.3 is 15.2 Å². The van der Waals surface area contributed by atoms with E-state index in [9.17, 15) is 0 Å². The van der Waals surface area contributed by atoms with Gasteiger partial charge in [0.2, 0.25) is 23.5 Å². The Morgan fingerprint density at radius 3 is 2.63 bits per heavy atom. The molecular formula is C20H23ClN8O. The molecule has 0 spiro atoms. The van der Waals surface area contributed by atoms with E-state index in [0.29, 0.717) is 16.6 Å². The van der Waals surface area contributed by atoms with Crippen molar-refractivity contribution in [3.63, 3.8) is 0 Å². The molecule has 10 heteroatoms. The first-order valence-electron chi connectivity index (χ1n) is 9.43. The zero-order valence-electron chi connectivity index (χ0n) is 17.2. The highest BCUT2D eigenvalue weighted by molar-refractivity contribution is 6.42. The van der Waals surface area contributed by atoms with E-state index in [1.807, 2.05) is 44.3 Å². The molecule has 0 saturated heterocycles. The Hall–Kier alpha value is -3.33. The molecule has 156 valence electrons. The van der Waals surface area contributed by atoms with Crippen molar-refractivity contribution < 1.29 is 4.52 Å². The van der Waals surface area contributed by atoms with Crippen LogP contribution in [-0.2, 0) is 0 Å². The number of nitrogen functional groups attached to an aromatic ring is 1. The van der Waals surface area contributed by atoms with Gasteiger partial charge in [-0.05, 0) is 32.4 Å². The Balaban J connectivity index is 1.90. The van der Waals surface area contributed by atoms with E-state index in [1.54, 1.807) is 18.0 Å². The van der Waals surface area contributed by atoms with E-state index < -0.39 is 0 Å². The molecular weight excluding hydrogens is 404 g/mol. The summed E-state index contributed by atoms with van der Waals surface area (Å²) in [6, 6.07) is 9.82. The largest absolute Gasteiger partial charge is 0.368 e. The van der Waals surface area contributed by atoms with Gasteiger partial charge in [0.1, 0.15) is 0 Å². The van der Waals surface area contributed by atoms with Crippen molar-refractivity contribution in [1.29, 1.82) is 0 Å². The van der Waals surface area contributed by atoms with E-state index in [-0.39, 0.29) is 29.5 Å². The van der Waals surface area contributed by atoms with Crippen LogP contribution in [-0.4, -0.2) is 44.4 Å². The summed E-state index contributed by atoms with van der Waals surface area (Å²) in [4.78, 5) is 23.3. The normalized spacial score (nSPS) is 13.4. The number of hydrogen-bond acceptors (Lipinski definition) is 9. The zero-order valence-corrected chi connectivity index (χ0v) is 18.0. The van der Waals surface area contributed by atoms with Crippen molar-refractivity contribution in [3.05, 3.63) is 41.3 Å². The van der Waals surface area contributed by atoms with Crippen molar-refractivity contribution >= 4 is 41.0 Å². The van der Waals surface area contributed by atoms with Gasteiger partial charge in [-0.2, -0.15) is 19.9 Å². The molecule has 0 aliphatic carbocycles. The number of nitrogens with zero attached hydrogens (tertiary/aromatic N) is 7. The molecule has 3 rings (SSSR count). The highest BCUT2D eigenvalue weighted by atomic mass is 35.5. The molecule has 1 atom stereocenters. The van der Waals surface area contributed by atoms with Gasteiger partial charge in [-0.3, -0.25) is 4.99 Å². The van der Waals surface area contributed by atoms with E-state index in [0.717, 1.165) is 12.1 Å². The lowest BCUT2D eigenvalue weighted by molar-refractivity contribution is 0.408. The Labute approximate surface area is 179 Å². The molecule has 0 aliphatic rings. The van der Waals surface area contributed by atoms with Crippen LogP contribution in [0.25, 0.3) is 17.2 Å². The van der Waals surface area contributed by atoms with Crippen LogP contribution in [0.5, 0.6) is 0 Å². The maximum Gasteiger partial charge on any atom is 0.255 e. The third kappa shape index (κ3) is 4.98. The summed E-state index contributed by atoms with van der Waals surface area (Å²) in [5.41, 5.74) is 7.39. The van der Waals surface area contributed by atoms with Gasteiger partial charge in [0.25, 0.3) is 5.89 Å². The second-order valence-electron chi connectivity index (χ2n) is 6.64. The number of anilines is 3. The number of para-hydroxylation sites is 1. The summed E-state index contributed by atoms with van der Waals surface area (Å²) in [5, 5.41) is 4.39. The topological polar surface area (TPSA) is 119 Å². The first-order chi connectivity index (χ1) is 14.4. The van der Waals surface area contributed by atoms with Crippen LogP contribution in [0.4, 0.5) is 17.6 Å². The molecule has 2 aromatic heterocycles. The number of allylic oxidation sites excluding steroid dienone is 2. The summed E-state index contributed by atoms with van der Waals surface area (Å²) >= 11 is 6.32. The lowest BCUT2D eigenvalue weighted by Crippen LogP contribution is -2.15. The first kappa shape index (κ1) is 21.4. The summed E-state index contributed by atoms with van der Waals surface area (Å²) in [5.74, 6) is 1.05. The predicted molar refractivity (Wildman–Crippen MR) is 119 cm³/mol. The average Bonchev–Trinajstić information content (AvgIpc) is 3.26. The minimum atomic E-state index is 0.0510. The van der Waals surface area contributed by atoms with Crippen molar-refractivity contribution in [2.24, 2.45) is 4.99 Å². The molecule has 2 N–H and O–H groups in total. The number of nitrogens with two attached hydrogens (primary N) is 1. The fourth-order valence-corrected chi connectivity index (χ4v) is 2.50. The Bertz CT molecular complexity index is 1060. The fourth-order valence-electron chi connectivity index (χ4n) is 2.36. The van der Waals surface area contributed by atoms with E-state index in [1.165, 1.54) is 0 Å². The molecule has 2 heterocycles. The summed E-state index contributed by atoms with van der Waals surface area (Å²) < 4.78 is 5.34. The van der Waals surface area contributed by atoms with Crippen molar-refractivity contribution in [2.75, 3.05) is 17.7 Å². The maximum absolute atomic E-state index is 6.32. The molecule has 3 aromatic rings. The highest BCUT2D eigenvalue weighted by Gasteiger charge is 2.18. The molecule has 0 aliphatic heterocycles. The number of rotatable bonds is 7. The second kappa shape index (κ2) is 9.45. The summed E-state index contributed by atoms with van der Waals surface area (Å²) in [7, 11) is 1.83. The van der Waals surface area contributed by atoms with Crippen LogP contribution in [0.2, 0.25) is 0 Å². The van der Waals surface area contributed by atoms with Gasteiger partial charge in [0.15, 0.2) is 0 Å². The van der Waals surface area contributed by atoms with E-state index >= 15 is 0 Å². The van der Waals surface area contributed by atoms with Crippen molar-refractivity contribution in [3.8, 4) is 11.6 Å². The Morgan fingerprint density at radius 1 is 1.20 bits per heavy atom. The molecule has 0 bridgehead atoms. The van der Waals surface area contributed by atoms with Gasteiger partial charge in [-0.1, -0.05) is 41.9 Å². The number of halogens is 1. The lowest BCUT2D eigenvalue weighted by Gasteiger charge is -2.17. The smallest absolute Gasteiger partial charge is 0.255 e. The molecule has 1 unspecified atom stereocenters. The zero-order chi connectivity index (χ0) is 21.7. The lowest BCUT2D eigenvalue weighted by atomic mass is 10.2. The number of benzene rings is 1. The summed E-state index contributed by atoms with van der Waals surface area (Å²) in [6.07, 6.45) is 2.52.